The Morgan fingerprint density at radius 1 is 1.35 bits per heavy atom. The highest BCUT2D eigenvalue weighted by Gasteiger charge is 2.30. The average molecular weight is 345 g/mol. The van der Waals surface area contributed by atoms with Crippen LogP contribution < -0.4 is 10.9 Å². The molecule has 0 aliphatic heterocycles. The third kappa shape index (κ3) is 5.02. The summed E-state index contributed by atoms with van der Waals surface area (Å²) in [5.74, 6) is -1.28. The van der Waals surface area contributed by atoms with Gasteiger partial charge in [-0.1, -0.05) is 17.8 Å². The van der Waals surface area contributed by atoms with Crippen molar-refractivity contribution in [2.45, 2.75) is 11.3 Å². The zero-order chi connectivity index (χ0) is 17.0. The monoisotopic (exact) mass is 345 g/mol. The first-order valence-electron chi connectivity index (χ1n) is 6.14. The Kier molecular flexibility index (Phi) is 4.94. The van der Waals surface area contributed by atoms with Gasteiger partial charge in [0.2, 0.25) is 11.8 Å². The quantitative estimate of drug-likeness (QED) is 0.583. The first-order chi connectivity index (χ1) is 10.7. The Bertz CT molecular complexity index is 777. The number of halogens is 3. The number of carbonyl (C=O) groups is 1. The smallest absolute Gasteiger partial charge is 0.416 e. The second kappa shape index (κ2) is 6.73. The van der Waals surface area contributed by atoms with E-state index in [1.165, 1.54) is 12.1 Å². The standard InChI is InChI=1S/C13H10F3N3O3S/c14-13(15,16)7-2-1-3-8(4-7)17-11(22)6-23-12-18-9(20)5-10(21)19-12/h1-5H,6H2,(H,17,22)(H2,18,19,20,21). The molecule has 0 saturated carbocycles. The Hall–Kier alpha value is -2.49. The van der Waals surface area contributed by atoms with Crippen LogP contribution in [0.2, 0.25) is 0 Å². The van der Waals surface area contributed by atoms with Gasteiger partial charge in [0.1, 0.15) is 0 Å². The van der Waals surface area contributed by atoms with E-state index in [9.17, 15) is 22.8 Å². The Morgan fingerprint density at radius 2 is 2.09 bits per heavy atom. The molecular formula is C13H10F3N3O3S. The molecule has 0 fully saturated rings. The summed E-state index contributed by atoms with van der Waals surface area (Å²) in [5, 5.41) is 11.5. The number of alkyl halides is 3. The van der Waals surface area contributed by atoms with Crippen molar-refractivity contribution in [3.05, 3.63) is 46.2 Å². The van der Waals surface area contributed by atoms with E-state index in [1.807, 2.05) is 0 Å². The summed E-state index contributed by atoms with van der Waals surface area (Å²) in [7, 11) is 0. The number of hydrogen-bond acceptors (Lipinski definition) is 5. The van der Waals surface area contributed by atoms with Crippen LogP contribution in [0.1, 0.15) is 5.56 Å². The SMILES string of the molecule is O=C(CSc1nc(O)cc(=O)[nH]1)Nc1cccc(C(F)(F)F)c1. The van der Waals surface area contributed by atoms with Crippen molar-refractivity contribution < 1.29 is 23.1 Å². The molecule has 0 unspecified atom stereocenters. The number of nitrogens with one attached hydrogen (secondary N) is 2. The van der Waals surface area contributed by atoms with E-state index in [2.05, 4.69) is 15.3 Å². The maximum atomic E-state index is 12.6. The first-order valence-corrected chi connectivity index (χ1v) is 7.13. The van der Waals surface area contributed by atoms with E-state index in [4.69, 9.17) is 5.11 Å². The fourth-order valence-corrected chi connectivity index (χ4v) is 2.27. The molecule has 0 saturated heterocycles. The van der Waals surface area contributed by atoms with Crippen molar-refractivity contribution in [2.75, 3.05) is 11.1 Å². The van der Waals surface area contributed by atoms with Crippen LogP contribution in [0.3, 0.4) is 0 Å². The maximum Gasteiger partial charge on any atom is 0.416 e. The van der Waals surface area contributed by atoms with Gasteiger partial charge in [-0.3, -0.25) is 9.59 Å². The minimum atomic E-state index is -4.50. The molecule has 10 heteroatoms. The zero-order valence-electron chi connectivity index (χ0n) is 11.3. The number of carbonyl (C=O) groups excluding carboxylic acids is 1. The van der Waals surface area contributed by atoms with Crippen LogP contribution in [0.25, 0.3) is 0 Å². The Labute approximate surface area is 131 Å². The number of aromatic hydroxyl groups is 1. The third-order valence-corrected chi connectivity index (χ3v) is 3.39. The number of thioether (sulfide) groups is 1. The fraction of sp³-hybridized carbons (Fsp3) is 0.154. The van der Waals surface area contributed by atoms with Gasteiger partial charge < -0.3 is 15.4 Å². The minimum Gasteiger partial charge on any atom is -0.493 e. The van der Waals surface area contributed by atoms with Crippen LogP contribution in [0.15, 0.2) is 40.3 Å². The van der Waals surface area contributed by atoms with Crippen molar-refractivity contribution in [2.24, 2.45) is 0 Å². The molecule has 0 aliphatic carbocycles. The van der Waals surface area contributed by atoms with Gasteiger partial charge in [-0.25, -0.2) is 0 Å². The molecule has 1 aromatic carbocycles. The van der Waals surface area contributed by atoms with E-state index in [1.54, 1.807) is 0 Å². The van der Waals surface area contributed by atoms with Gasteiger partial charge >= 0.3 is 6.18 Å². The van der Waals surface area contributed by atoms with Gasteiger partial charge in [0.05, 0.1) is 17.4 Å². The van der Waals surface area contributed by atoms with E-state index in [0.717, 1.165) is 30.0 Å². The van der Waals surface area contributed by atoms with Crippen LogP contribution in [0.4, 0.5) is 18.9 Å². The van der Waals surface area contributed by atoms with Crippen LogP contribution in [-0.4, -0.2) is 26.7 Å². The van der Waals surface area contributed by atoms with Gasteiger partial charge in [0.15, 0.2) is 5.16 Å². The van der Waals surface area contributed by atoms with Crippen molar-refractivity contribution >= 4 is 23.4 Å². The average Bonchev–Trinajstić information content (AvgIpc) is 2.43. The van der Waals surface area contributed by atoms with Crippen molar-refractivity contribution in [3.8, 4) is 5.88 Å². The highest BCUT2D eigenvalue weighted by atomic mass is 32.2. The lowest BCUT2D eigenvalue weighted by atomic mass is 10.2. The summed E-state index contributed by atoms with van der Waals surface area (Å²) >= 11 is 0.825. The summed E-state index contributed by atoms with van der Waals surface area (Å²) in [4.78, 5) is 28.7. The Morgan fingerprint density at radius 3 is 2.74 bits per heavy atom. The molecule has 0 bridgehead atoms. The van der Waals surface area contributed by atoms with Gasteiger partial charge in [-0.15, -0.1) is 0 Å². The van der Waals surface area contributed by atoms with Gasteiger partial charge in [0, 0.05) is 5.69 Å². The van der Waals surface area contributed by atoms with Crippen molar-refractivity contribution in [1.29, 1.82) is 0 Å². The number of rotatable bonds is 4. The highest BCUT2D eigenvalue weighted by molar-refractivity contribution is 7.99. The lowest BCUT2D eigenvalue weighted by molar-refractivity contribution is -0.137. The summed E-state index contributed by atoms with van der Waals surface area (Å²) in [6.45, 7) is 0. The minimum absolute atomic E-state index is 0.00258. The number of benzene rings is 1. The topological polar surface area (TPSA) is 95.1 Å². The summed E-state index contributed by atoms with van der Waals surface area (Å²) in [6.07, 6.45) is -4.50. The lowest BCUT2D eigenvalue weighted by Gasteiger charge is -2.09. The Balaban J connectivity index is 1.98. The van der Waals surface area contributed by atoms with Crippen LogP contribution in [0.5, 0.6) is 5.88 Å². The molecule has 2 rings (SSSR count). The molecule has 122 valence electrons. The normalized spacial score (nSPS) is 11.3. The molecule has 0 aliphatic rings. The second-order valence-electron chi connectivity index (χ2n) is 4.32. The predicted molar refractivity (Wildman–Crippen MR) is 77.3 cm³/mol. The van der Waals surface area contributed by atoms with Crippen molar-refractivity contribution in [1.82, 2.24) is 9.97 Å². The largest absolute Gasteiger partial charge is 0.493 e. The molecule has 2 aromatic rings. The van der Waals surface area contributed by atoms with E-state index >= 15 is 0 Å². The first kappa shape index (κ1) is 16.9. The number of amides is 1. The van der Waals surface area contributed by atoms with Crippen LogP contribution in [0, 0.1) is 0 Å². The fourth-order valence-electron chi connectivity index (χ4n) is 1.60. The van der Waals surface area contributed by atoms with Gasteiger partial charge in [-0.2, -0.15) is 18.2 Å². The number of H-pyrrole nitrogens is 1. The van der Waals surface area contributed by atoms with Crippen LogP contribution >= 0.6 is 11.8 Å². The second-order valence-corrected chi connectivity index (χ2v) is 5.29. The number of aromatic nitrogens is 2. The van der Waals surface area contributed by atoms with Crippen LogP contribution in [-0.2, 0) is 11.0 Å². The van der Waals surface area contributed by atoms with Crippen molar-refractivity contribution in [3.63, 3.8) is 0 Å². The number of aromatic amines is 1. The number of hydrogen-bond donors (Lipinski definition) is 3. The summed E-state index contributed by atoms with van der Waals surface area (Å²) in [5.41, 5.74) is -1.46. The maximum absolute atomic E-state index is 12.6. The lowest BCUT2D eigenvalue weighted by Crippen LogP contribution is -2.16. The molecule has 0 radical (unpaired) electrons. The van der Waals surface area contributed by atoms with Gasteiger partial charge in [-0.05, 0) is 18.2 Å². The molecule has 6 nitrogen and oxygen atoms in total. The van der Waals surface area contributed by atoms with Gasteiger partial charge in [0.25, 0.3) is 5.56 Å². The summed E-state index contributed by atoms with van der Waals surface area (Å²) in [6, 6.07) is 5.09. The molecule has 1 amide bonds. The summed E-state index contributed by atoms with van der Waals surface area (Å²) < 4.78 is 37.7. The molecule has 0 spiro atoms. The predicted octanol–water partition coefficient (Wildman–Crippen LogP) is 2.23. The van der Waals surface area contributed by atoms with E-state index < -0.39 is 29.1 Å². The molecule has 1 aromatic heterocycles. The van der Waals surface area contributed by atoms with E-state index in [0.29, 0.717) is 0 Å². The molecular weight excluding hydrogens is 335 g/mol. The zero-order valence-corrected chi connectivity index (χ0v) is 12.2. The third-order valence-electron chi connectivity index (χ3n) is 2.52. The highest BCUT2D eigenvalue weighted by Crippen LogP contribution is 2.30. The molecule has 3 N–H and O–H groups in total. The number of anilines is 1. The van der Waals surface area contributed by atoms with E-state index in [-0.39, 0.29) is 16.6 Å². The number of nitrogens with zero attached hydrogens (tertiary/aromatic N) is 1. The molecule has 0 atom stereocenters. The molecule has 23 heavy (non-hydrogen) atoms. The molecule has 1 heterocycles.